The molecule has 0 fully saturated rings. The fourth-order valence-corrected chi connectivity index (χ4v) is 0.246. The Balaban J connectivity index is -0.000000137. The monoisotopic (exact) mass is 166 g/mol. The number of allylic oxidation sites excluding steroid dienone is 4. The zero-order valence-corrected chi connectivity index (χ0v) is 8.98. The van der Waals surface area contributed by atoms with Crippen molar-refractivity contribution in [2.75, 3.05) is 0 Å². The van der Waals surface area contributed by atoms with Crippen LogP contribution in [0.5, 0.6) is 0 Å². The molecule has 0 aliphatic rings. The van der Waals surface area contributed by atoms with Crippen LogP contribution in [0.3, 0.4) is 0 Å². The quantitative estimate of drug-likeness (QED) is 0.397. The minimum Gasteiger partial charge on any atom is -0.106 e. The first-order valence-corrected chi connectivity index (χ1v) is 3.96. The minimum atomic E-state index is 1.16. The van der Waals surface area contributed by atoms with Crippen LogP contribution in [-0.2, 0) is 0 Å². The molecule has 0 bridgehead atoms. The Morgan fingerprint density at radius 1 is 1.08 bits per heavy atom. The van der Waals surface area contributed by atoms with Gasteiger partial charge >= 0.3 is 0 Å². The standard InChI is InChI=1S/C7H12.C3H6.C2H4/c1-5-7(4)6(2)3;1-3-2;1-2/h5H,2H2,1,3-4H3;3H,1H2,2H3;1-2H2/b7-5-;;. The number of hydrogen-bond donors (Lipinski definition) is 0. The molecule has 0 aliphatic carbocycles. The van der Waals surface area contributed by atoms with Crippen molar-refractivity contribution in [1.29, 1.82) is 0 Å². The Kier molecular flexibility index (Phi) is 23.6. The highest BCUT2D eigenvalue weighted by Crippen LogP contribution is 2.02. The first-order chi connectivity index (χ1) is 5.59. The normalized spacial score (nSPS) is 8.17. The van der Waals surface area contributed by atoms with Crippen molar-refractivity contribution in [2.45, 2.75) is 27.7 Å². The summed E-state index contributed by atoms with van der Waals surface area (Å²) in [6.45, 7) is 21.1. The summed E-state index contributed by atoms with van der Waals surface area (Å²) >= 11 is 0. The minimum absolute atomic E-state index is 1.16. The predicted molar refractivity (Wildman–Crippen MR) is 61.4 cm³/mol. The third kappa shape index (κ3) is 23.1. The fraction of sp³-hybridized carbons (Fsp3) is 0.333. The predicted octanol–water partition coefficient (Wildman–Crippen LogP) is 4.52. The number of rotatable bonds is 1. The lowest BCUT2D eigenvalue weighted by molar-refractivity contribution is 1.34. The van der Waals surface area contributed by atoms with E-state index in [0.717, 1.165) is 5.57 Å². The Bertz CT molecular complexity index is 138. The fourth-order valence-electron chi connectivity index (χ4n) is 0.246. The van der Waals surface area contributed by atoms with Gasteiger partial charge in [0.15, 0.2) is 0 Å². The van der Waals surface area contributed by atoms with Gasteiger partial charge in [-0.25, -0.2) is 0 Å². The molecule has 0 heteroatoms. The van der Waals surface area contributed by atoms with E-state index in [1.807, 2.05) is 20.8 Å². The largest absolute Gasteiger partial charge is 0.106 e. The molecule has 0 aliphatic heterocycles. The Labute approximate surface area is 78.0 Å². The summed E-state index contributed by atoms with van der Waals surface area (Å²) in [6.07, 6.45) is 3.81. The van der Waals surface area contributed by atoms with Crippen LogP contribution in [-0.4, -0.2) is 0 Å². The van der Waals surface area contributed by atoms with Crippen LogP contribution >= 0.6 is 0 Å². The second-order valence-corrected chi connectivity index (χ2v) is 2.16. The zero-order valence-electron chi connectivity index (χ0n) is 8.98. The van der Waals surface area contributed by atoms with E-state index in [0.29, 0.717) is 0 Å². The van der Waals surface area contributed by atoms with Crippen molar-refractivity contribution in [3.8, 4) is 0 Å². The summed E-state index contributed by atoms with van der Waals surface area (Å²) in [7, 11) is 0. The van der Waals surface area contributed by atoms with Gasteiger partial charge in [0, 0.05) is 0 Å². The van der Waals surface area contributed by atoms with Crippen LogP contribution in [0.15, 0.2) is 49.6 Å². The van der Waals surface area contributed by atoms with Crippen molar-refractivity contribution in [3.63, 3.8) is 0 Å². The van der Waals surface area contributed by atoms with E-state index >= 15 is 0 Å². The SMILES string of the molecule is C=C.C=C(C)/C(C)=C\C.C=CC. The lowest BCUT2D eigenvalue weighted by Crippen LogP contribution is -1.71. The summed E-state index contributed by atoms with van der Waals surface area (Å²) < 4.78 is 0. The van der Waals surface area contributed by atoms with Crippen LogP contribution in [0.25, 0.3) is 0 Å². The smallest absolute Gasteiger partial charge is 0.0399 e. The average molecular weight is 166 g/mol. The molecule has 0 nitrogen and oxygen atoms in total. The van der Waals surface area contributed by atoms with E-state index in [1.54, 1.807) is 6.08 Å². The maximum atomic E-state index is 3.76. The van der Waals surface area contributed by atoms with Gasteiger partial charge in [-0.15, -0.1) is 19.7 Å². The molecule has 0 spiro atoms. The van der Waals surface area contributed by atoms with Crippen LogP contribution < -0.4 is 0 Å². The maximum absolute atomic E-state index is 3.76. The van der Waals surface area contributed by atoms with Crippen molar-refractivity contribution in [2.24, 2.45) is 0 Å². The molecular formula is C12H22. The number of hydrogen-bond acceptors (Lipinski definition) is 0. The molecule has 0 N–H and O–H groups in total. The molecule has 0 rings (SSSR count). The van der Waals surface area contributed by atoms with Crippen LogP contribution in [0.1, 0.15) is 27.7 Å². The molecule has 0 heterocycles. The van der Waals surface area contributed by atoms with E-state index in [4.69, 9.17) is 0 Å². The summed E-state index contributed by atoms with van der Waals surface area (Å²) in [5.74, 6) is 0. The lowest BCUT2D eigenvalue weighted by Gasteiger charge is -1.92. The highest BCUT2D eigenvalue weighted by molar-refractivity contribution is 5.22. The van der Waals surface area contributed by atoms with Gasteiger partial charge in [-0.05, 0) is 27.7 Å². The summed E-state index contributed by atoms with van der Waals surface area (Å²) in [5, 5.41) is 0. The van der Waals surface area contributed by atoms with Gasteiger partial charge in [-0.3, -0.25) is 0 Å². The van der Waals surface area contributed by atoms with E-state index in [-0.39, 0.29) is 0 Å². The molecule has 0 aromatic heterocycles. The first-order valence-electron chi connectivity index (χ1n) is 3.96. The van der Waals surface area contributed by atoms with Gasteiger partial charge in [0.25, 0.3) is 0 Å². The highest BCUT2D eigenvalue weighted by Gasteiger charge is 1.81. The first kappa shape index (κ1) is 17.2. The molecule has 12 heavy (non-hydrogen) atoms. The second kappa shape index (κ2) is 16.5. The van der Waals surface area contributed by atoms with Crippen molar-refractivity contribution in [1.82, 2.24) is 0 Å². The average Bonchev–Trinajstić information content (AvgIpc) is 2.08. The molecule has 0 amide bonds. The lowest BCUT2D eigenvalue weighted by atomic mass is 10.2. The van der Waals surface area contributed by atoms with E-state index in [1.165, 1.54) is 5.57 Å². The highest BCUT2D eigenvalue weighted by atomic mass is 13.9. The van der Waals surface area contributed by atoms with E-state index in [2.05, 4.69) is 39.3 Å². The van der Waals surface area contributed by atoms with Crippen molar-refractivity contribution < 1.29 is 0 Å². The third-order valence-corrected chi connectivity index (χ3v) is 1.11. The summed E-state index contributed by atoms with van der Waals surface area (Å²) in [5.41, 5.74) is 2.43. The van der Waals surface area contributed by atoms with Crippen LogP contribution in [0.4, 0.5) is 0 Å². The van der Waals surface area contributed by atoms with Gasteiger partial charge in [0.05, 0.1) is 0 Å². The molecular weight excluding hydrogens is 144 g/mol. The van der Waals surface area contributed by atoms with Gasteiger partial charge < -0.3 is 0 Å². The van der Waals surface area contributed by atoms with Gasteiger partial charge in [-0.2, -0.15) is 0 Å². The molecule has 0 aromatic carbocycles. The Morgan fingerprint density at radius 3 is 1.33 bits per heavy atom. The van der Waals surface area contributed by atoms with Crippen LogP contribution in [0, 0.1) is 0 Å². The zero-order chi connectivity index (χ0) is 10.6. The summed E-state index contributed by atoms with van der Waals surface area (Å²) in [4.78, 5) is 0. The van der Waals surface area contributed by atoms with E-state index < -0.39 is 0 Å². The molecule has 0 saturated carbocycles. The van der Waals surface area contributed by atoms with Gasteiger partial charge in [-0.1, -0.05) is 29.9 Å². The Hall–Kier alpha value is -1.04. The molecule has 70 valence electrons. The third-order valence-electron chi connectivity index (χ3n) is 1.11. The molecule has 0 unspecified atom stereocenters. The van der Waals surface area contributed by atoms with E-state index in [9.17, 15) is 0 Å². The molecule has 0 saturated heterocycles. The van der Waals surface area contributed by atoms with Crippen molar-refractivity contribution in [3.05, 3.63) is 49.6 Å². The summed E-state index contributed by atoms with van der Waals surface area (Å²) in [6, 6.07) is 0. The molecule has 0 atom stereocenters. The maximum Gasteiger partial charge on any atom is -0.0399 e. The van der Waals surface area contributed by atoms with Crippen molar-refractivity contribution >= 4 is 0 Å². The van der Waals surface area contributed by atoms with Gasteiger partial charge in [0.2, 0.25) is 0 Å². The van der Waals surface area contributed by atoms with Crippen LogP contribution in [0.2, 0.25) is 0 Å². The molecule has 0 radical (unpaired) electrons. The molecule has 0 aromatic rings. The van der Waals surface area contributed by atoms with Gasteiger partial charge in [0.1, 0.15) is 0 Å². The topological polar surface area (TPSA) is 0 Å². The Morgan fingerprint density at radius 2 is 1.33 bits per heavy atom. The second-order valence-electron chi connectivity index (χ2n) is 2.16.